The van der Waals surface area contributed by atoms with Crippen LogP contribution in [0.15, 0.2) is 28.7 Å². The summed E-state index contributed by atoms with van der Waals surface area (Å²) in [5.74, 6) is 6.00. The first kappa shape index (κ1) is 14.4. The highest BCUT2D eigenvalue weighted by molar-refractivity contribution is 6.30. The number of ether oxygens (including phenoxy) is 1. The zero-order valence-corrected chi connectivity index (χ0v) is 12.0. The van der Waals surface area contributed by atoms with Gasteiger partial charge >= 0.3 is 5.91 Å². The number of benzene rings is 1. The summed E-state index contributed by atoms with van der Waals surface area (Å²) in [5.41, 5.74) is 3.90. The van der Waals surface area contributed by atoms with E-state index in [9.17, 15) is 4.79 Å². The zero-order chi connectivity index (χ0) is 14.7. The predicted octanol–water partition coefficient (Wildman–Crippen LogP) is 2.73. The van der Waals surface area contributed by atoms with E-state index in [1.54, 1.807) is 12.1 Å². The van der Waals surface area contributed by atoms with Crippen LogP contribution in [0.4, 0.5) is 0 Å². The fourth-order valence-electron chi connectivity index (χ4n) is 1.92. The first-order valence-corrected chi connectivity index (χ1v) is 6.38. The summed E-state index contributed by atoms with van der Waals surface area (Å²) in [6.45, 7) is 4.06. The number of amides is 1. The topological polar surface area (TPSA) is 77.5 Å². The molecule has 0 unspecified atom stereocenters. The SMILES string of the molecule is Cc1cc(Cl)cc(C)c1OCc1ccc(C(=O)NN)o1. The molecule has 0 bridgehead atoms. The molecule has 0 aliphatic carbocycles. The van der Waals surface area contributed by atoms with Gasteiger partial charge in [0.05, 0.1) is 0 Å². The molecular formula is C14H15ClN2O3. The van der Waals surface area contributed by atoms with Crippen molar-refractivity contribution in [3.05, 3.63) is 51.9 Å². The maximum Gasteiger partial charge on any atom is 0.300 e. The van der Waals surface area contributed by atoms with E-state index < -0.39 is 5.91 Å². The van der Waals surface area contributed by atoms with Crippen molar-refractivity contribution in [1.82, 2.24) is 5.43 Å². The Bertz CT molecular complexity index is 614. The van der Waals surface area contributed by atoms with Crippen molar-refractivity contribution in [2.45, 2.75) is 20.5 Å². The second-order valence-corrected chi connectivity index (χ2v) is 4.83. The van der Waals surface area contributed by atoms with Crippen molar-refractivity contribution in [3.63, 3.8) is 0 Å². The smallest absolute Gasteiger partial charge is 0.300 e. The molecule has 6 heteroatoms. The Labute approximate surface area is 121 Å². The van der Waals surface area contributed by atoms with Gasteiger partial charge in [-0.15, -0.1) is 0 Å². The van der Waals surface area contributed by atoms with Gasteiger partial charge in [-0.1, -0.05) is 11.6 Å². The fraction of sp³-hybridized carbons (Fsp3) is 0.214. The van der Waals surface area contributed by atoms with Crippen molar-refractivity contribution in [2.75, 3.05) is 0 Å². The van der Waals surface area contributed by atoms with Gasteiger partial charge in [-0.2, -0.15) is 0 Å². The van der Waals surface area contributed by atoms with Crippen molar-refractivity contribution in [1.29, 1.82) is 0 Å². The van der Waals surface area contributed by atoms with Crippen LogP contribution in [-0.2, 0) is 6.61 Å². The van der Waals surface area contributed by atoms with Crippen LogP contribution in [0, 0.1) is 13.8 Å². The first-order valence-electron chi connectivity index (χ1n) is 6.00. The second kappa shape index (κ2) is 5.98. The molecule has 0 saturated heterocycles. The van der Waals surface area contributed by atoms with E-state index in [0.717, 1.165) is 16.9 Å². The molecule has 0 spiro atoms. The lowest BCUT2D eigenvalue weighted by Crippen LogP contribution is -2.29. The van der Waals surface area contributed by atoms with E-state index in [4.69, 9.17) is 26.6 Å². The van der Waals surface area contributed by atoms with E-state index in [0.29, 0.717) is 10.8 Å². The number of nitrogens with one attached hydrogen (secondary N) is 1. The molecule has 1 heterocycles. The summed E-state index contributed by atoms with van der Waals surface area (Å²) in [6, 6.07) is 6.88. The van der Waals surface area contributed by atoms with Gasteiger partial charge in [0, 0.05) is 5.02 Å². The first-order chi connectivity index (χ1) is 9.51. The van der Waals surface area contributed by atoms with Crippen molar-refractivity contribution in [3.8, 4) is 5.75 Å². The van der Waals surface area contributed by atoms with Crippen LogP contribution in [0.5, 0.6) is 5.75 Å². The number of halogens is 1. The molecule has 0 aliphatic rings. The highest BCUT2D eigenvalue weighted by atomic mass is 35.5. The molecule has 0 aliphatic heterocycles. The Morgan fingerprint density at radius 3 is 2.60 bits per heavy atom. The van der Waals surface area contributed by atoms with Gasteiger partial charge in [-0.05, 0) is 49.2 Å². The third-order valence-electron chi connectivity index (χ3n) is 2.80. The maximum atomic E-state index is 11.3. The molecule has 20 heavy (non-hydrogen) atoms. The molecule has 2 aromatic rings. The number of aryl methyl sites for hydroxylation is 2. The van der Waals surface area contributed by atoms with E-state index >= 15 is 0 Å². The van der Waals surface area contributed by atoms with Crippen LogP contribution in [0.1, 0.15) is 27.4 Å². The summed E-state index contributed by atoms with van der Waals surface area (Å²) in [7, 11) is 0. The molecule has 1 aromatic heterocycles. The molecule has 0 radical (unpaired) electrons. The predicted molar refractivity (Wildman–Crippen MR) is 75.6 cm³/mol. The molecule has 0 saturated carbocycles. The third kappa shape index (κ3) is 3.12. The number of nitrogen functional groups attached to an aromatic ring is 1. The summed E-state index contributed by atoms with van der Waals surface area (Å²) in [6.07, 6.45) is 0. The lowest BCUT2D eigenvalue weighted by Gasteiger charge is -2.11. The summed E-state index contributed by atoms with van der Waals surface area (Å²) >= 11 is 5.96. The number of carbonyl (C=O) groups excluding carboxylic acids is 1. The van der Waals surface area contributed by atoms with Gasteiger partial charge in [0.2, 0.25) is 0 Å². The van der Waals surface area contributed by atoms with Gasteiger partial charge in [-0.25, -0.2) is 5.84 Å². The van der Waals surface area contributed by atoms with E-state index in [-0.39, 0.29) is 12.4 Å². The molecule has 2 rings (SSSR count). The number of nitrogens with two attached hydrogens (primary N) is 1. The number of hydrogen-bond acceptors (Lipinski definition) is 4. The molecule has 1 aromatic carbocycles. The Hall–Kier alpha value is -1.98. The molecular weight excluding hydrogens is 280 g/mol. The quantitative estimate of drug-likeness (QED) is 0.516. The molecule has 106 valence electrons. The second-order valence-electron chi connectivity index (χ2n) is 4.40. The van der Waals surface area contributed by atoms with Gasteiger partial charge in [-0.3, -0.25) is 10.2 Å². The van der Waals surface area contributed by atoms with Crippen LogP contribution in [0.2, 0.25) is 5.02 Å². The third-order valence-corrected chi connectivity index (χ3v) is 3.02. The maximum absolute atomic E-state index is 11.3. The minimum atomic E-state index is -0.477. The van der Waals surface area contributed by atoms with E-state index in [2.05, 4.69) is 0 Å². The van der Waals surface area contributed by atoms with Gasteiger partial charge < -0.3 is 9.15 Å². The van der Waals surface area contributed by atoms with Crippen LogP contribution in [-0.4, -0.2) is 5.91 Å². The van der Waals surface area contributed by atoms with Crippen molar-refractivity contribution < 1.29 is 13.9 Å². The Kier molecular flexibility index (Phi) is 4.32. The number of hydrazine groups is 1. The number of furan rings is 1. The van der Waals surface area contributed by atoms with Crippen LogP contribution in [0.25, 0.3) is 0 Å². The fourth-order valence-corrected chi connectivity index (χ4v) is 2.24. The van der Waals surface area contributed by atoms with E-state index in [1.807, 2.05) is 31.4 Å². The van der Waals surface area contributed by atoms with Gasteiger partial charge in [0.1, 0.15) is 18.1 Å². The highest BCUT2D eigenvalue weighted by Gasteiger charge is 2.11. The monoisotopic (exact) mass is 294 g/mol. The highest BCUT2D eigenvalue weighted by Crippen LogP contribution is 2.27. The van der Waals surface area contributed by atoms with Crippen molar-refractivity contribution >= 4 is 17.5 Å². The average molecular weight is 295 g/mol. The average Bonchev–Trinajstić information content (AvgIpc) is 2.85. The molecule has 5 nitrogen and oxygen atoms in total. The lowest BCUT2D eigenvalue weighted by atomic mass is 10.1. The summed E-state index contributed by atoms with van der Waals surface area (Å²) in [5, 5.41) is 0.673. The summed E-state index contributed by atoms with van der Waals surface area (Å²) < 4.78 is 11.0. The largest absolute Gasteiger partial charge is 0.485 e. The summed E-state index contributed by atoms with van der Waals surface area (Å²) in [4.78, 5) is 11.3. The Morgan fingerprint density at radius 2 is 2.00 bits per heavy atom. The lowest BCUT2D eigenvalue weighted by molar-refractivity contribution is 0.0922. The van der Waals surface area contributed by atoms with Gasteiger partial charge in [0.15, 0.2) is 5.76 Å². The minimum absolute atomic E-state index is 0.149. The van der Waals surface area contributed by atoms with Crippen LogP contribution >= 0.6 is 11.6 Å². The zero-order valence-electron chi connectivity index (χ0n) is 11.2. The van der Waals surface area contributed by atoms with Crippen LogP contribution in [0.3, 0.4) is 0 Å². The number of hydrogen-bond donors (Lipinski definition) is 2. The minimum Gasteiger partial charge on any atom is -0.485 e. The van der Waals surface area contributed by atoms with Gasteiger partial charge in [0.25, 0.3) is 0 Å². The Balaban J connectivity index is 2.09. The molecule has 1 amide bonds. The number of carbonyl (C=O) groups is 1. The molecule has 0 atom stereocenters. The van der Waals surface area contributed by atoms with E-state index in [1.165, 1.54) is 0 Å². The standard InChI is InChI=1S/C14H15ClN2O3/c1-8-5-10(15)6-9(2)13(8)19-7-11-3-4-12(20-11)14(18)17-16/h3-6H,7,16H2,1-2H3,(H,17,18). The normalized spacial score (nSPS) is 10.4. The molecule has 0 fully saturated rings. The molecule has 3 N–H and O–H groups in total. The Morgan fingerprint density at radius 1 is 1.35 bits per heavy atom. The van der Waals surface area contributed by atoms with Crippen LogP contribution < -0.4 is 16.0 Å². The number of rotatable bonds is 4. The van der Waals surface area contributed by atoms with Crippen molar-refractivity contribution in [2.24, 2.45) is 5.84 Å².